The number of aromatic nitrogens is 2. The molecule has 30 heavy (non-hydrogen) atoms. The van der Waals surface area contributed by atoms with Gasteiger partial charge in [-0.15, -0.1) is 0 Å². The van der Waals surface area contributed by atoms with Crippen molar-refractivity contribution in [1.82, 2.24) is 9.97 Å². The SMILES string of the molecule is CC1=C(CC(=O)Nc2ncc[nH]2)c2cc(F)ccc2/C1=C\c1ccc([S@](C)=O)cc1. The maximum absolute atomic E-state index is 14.0. The van der Waals surface area contributed by atoms with E-state index in [2.05, 4.69) is 15.3 Å². The van der Waals surface area contributed by atoms with Crippen LogP contribution in [-0.4, -0.2) is 26.3 Å². The number of imidazole rings is 1. The van der Waals surface area contributed by atoms with Crippen LogP contribution in [0.25, 0.3) is 17.2 Å². The summed E-state index contributed by atoms with van der Waals surface area (Å²) < 4.78 is 25.6. The molecule has 1 aromatic heterocycles. The molecule has 4 rings (SSSR count). The number of hydrogen-bond donors (Lipinski definition) is 2. The number of carbonyl (C=O) groups excluding carboxylic acids is 1. The first kappa shape index (κ1) is 20.0. The first-order chi connectivity index (χ1) is 14.4. The van der Waals surface area contributed by atoms with Gasteiger partial charge < -0.3 is 4.98 Å². The predicted molar refractivity (Wildman–Crippen MR) is 117 cm³/mol. The van der Waals surface area contributed by atoms with Gasteiger partial charge in [0.1, 0.15) is 5.82 Å². The smallest absolute Gasteiger partial charge is 0.231 e. The van der Waals surface area contributed by atoms with E-state index in [1.165, 1.54) is 12.1 Å². The summed E-state index contributed by atoms with van der Waals surface area (Å²) in [7, 11) is -1.04. The van der Waals surface area contributed by atoms with E-state index in [1.54, 1.807) is 24.7 Å². The van der Waals surface area contributed by atoms with Gasteiger partial charge in [0.25, 0.3) is 0 Å². The molecule has 0 fully saturated rings. The quantitative estimate of drug-likeness (QED) is 0.630. The molecule has 5 nitrogen and oxygen atoms in total. The lowest BCUT2D eigenvalue weighted by atomic mass is 10.0. The van der Waals surface area contributed by atoms with Gasteiger partial charge in [-0.1, -0.05) is 18.2 Å². The van der Waals surface area contributed by atoms with Gasteiger partial charge in [0, 0.05) is 34.3 Å². The van der Waals surface area contributed by atoms with Crippen molar-refractivity contribution in [3.8, 4) is 0 Å². The molecule has 0 unspecified atom stereocenters. The minimum Gasteiger partial charge on any atom is -0.331 e. The molecule has 0 aliphatic heterocycles. The average molecular weight is 421 g/mol. The van der Waals surface area contributed by atoms with Gasteiger partial charge in [-0.25, -0.2) is 9.37 Å². The third-order valence-electron chi connectivity index (χ3n) is 5.07. The fourth-order valence-electron chi connectivity index (χ4n) is 3.57. The van der Waals surface area contributed by atoms with E-state index >= 15 is 0 Å². The van der Waals surface area contributed by atoms with Crippen LogP contribution in [-0.2, 0) is 15.6 Å². The Morgan fingerprint density at radius 3 is 2.63 bits per heavy atom. The molecule has 2 aromatic carbocycles. The van der Waals surface area contributed by atoms with E-state index < -0.39 is 10.8 Å². The van der Waals surface area contributed by atoms with Gasteiger partial charge in [-0.3, -0.25) is 14.3 Å². The van der Waals surface area contributed by atoms with Crippen LogP contribution in [0.1, 0.15) is 30.0 Å². The number of H-pyrrole nitrogens is 1. The topological polar surface area (TPSA) is 74.8 Å². The van der Waals surface area contributed by atoms with Gasteiger partial charge in [0.15, 0.2) is 0 Å². The Kier molecular flexibility index (Phi) is 5.46. The van der Waals surface area contributed by atoms with Crippen LogP contribution in [0.5, 0.6) is 0 Å². The van der Waals surface area contributed by atoms with Crippen molar-refractivity contribution in [3.05, 3.63) is 82.9 Å². The van der Waals surface area contributed by atoms with Crippen molar-refractivity contribution in [3.63, 3.8) is 0 Å². The van der Waals surface area contributed by atoms with E-state index in [9.17, 15) is 13.4 Å². The highest BCUT2D eigenvalue weighted by atomic mass is 32.2. The number of rotatable bonds is 5. The van der Waals surface area contributed by atoms with Crippen molar-refractivity contribution in [2.75, 3.05) is 11.6 Å². The molecule has 1 amide bonds. The fourth-order valence-corrected chi connectivity index (χ4v) is 4.09. The summed E-state index contributed by atoms with van der Waals surface area (Å²) in [5.41, 5.74) is 5.20. The zero-order chi connectivity index (χ0) is 21.3. The Morgan fingerprint density at radius 1 is 1.20 bits per heavy atom. The first-order valence-electron chi connectivity index (χ1n) is 9.37. The third-order valence-corrected chi connectivity index (χ3v) is 6.01. The van der Waals surface area contributed by atoms with Crippen molar-refractivity contribution >= 4 is 39.9 Å². The lowest BCUT2D eigenvalue weighted by Gasteiger charge is -2.06. The first-order valence-corrected chi connectivity index (χ1v) is 10.9. The molecule has 0 saturated carbocycles. The maximum atomic E-state index is 14.0. The fraction of sp³-hybridized carbons (Fsp3) is 0.130. The highest BCUT2D eigenvalue weighted by Gasteiger charge is 2.26. The monoisotopic (exact) mass is 421 g/mol. The number of amides is 1. The number of nitrogens with one attached hydrogen (secondary N) is 2. The molecule has 1 aliphatic rings. The Balaban J connectivity index is 1.70. The Morgan fingerprint density at radius 2 is 1.97 bits per heavy atom. The Labute approximate surface area is 176 Å². The zero-order valence-corrected chi connectivity index (χ0v) is 17.3. The molecule has 0 radical (unpaired) electrons. The van der Waals surface area contributed by atoms with Gasteiger partial charge >= 0.3 is 0 Å². The number of allylic oxidation sites excluding steroid dienone is 2. The van der Waals surface area contributed by atoms with E-state index in [0.29, 0.717) is 5.95 Å². The van der Waals surface area contributed by atoms with E-state index in [-0.39, 0.29) is 18.1 Å². The molecule has 1 atom stereocenters. The van der Waals surface area contributed by atoms with Gasteiger partial charge in [-0.2, -0.15) is 0 Å². The van der Waals surface area contributed by atoms with E-state index in [4.69, 9.17) is 0 Å². The summed E-state index contributed by atoms with van der Waals surface area (Å²) in [6, 6.07) is 12.1. The van der Waals surface area contributed by atoms with Crippen LogP contribution in [0.3, 0.4) is 0 Å². The van der Waals surface area contributed by atoms with Gasteiger partial charge in [-0.05, 0) is 70.7 Å². The molecule has 0 spiro atoms. The highest BCUT2D eigenvalue weighted by Crippen LogP contribution is 2.43. The zero-order valence-electron chi connectivity index (χ0n) is 16.5. The predicted octanol–water partition coefficient (Wildman–Crippen LogP) is 4.64. The number of anilines is 1. The van der Waals surface area contributed by atoms with Crippen LogP contribution < -0.4 is 5.32 Å². The maximum Gasteiger partial charge on any atom is 0.231 e. The number of aromatic amines is 1. The van der Waals surface area contributed by atoms with E-state index in [1.807, 2.05) is 37.3 Å². The average Bonchev–Trinajstić information content (AvgIpc) is 3.31. The summed E-state index contributed by atoms with van der Waals surface area (Å²) >= 11 is 0. The molecule has 0 bridgehead atoms. The molecular formula is C23H20FN3O2S. The summed E-state index contributed by atoms with van der Waals surface area (Å²) in [5, 5.41) is 2.71. The van der Waals surface area contributed by atoms with E-state index in [0.717, 1.165) is 38.3 Å². The molecule has 2 N–H and O–H groups in total. The summed E-state index contributed by atoms with van der Waals surface area (Å²) in [4.78, 5) is 20.1. The van der Waals surface area contributed by atoms with Crippen molar-refractivity contribution in [2.24, 2.45) is 0 Å². The van der Waals surface area contributed by atoms with Crippen LogP contribution in [0.15, 0.2) is 65.3 Å². The number of carbonyl (C=O) groups is 1. The van der Waals surface area contributed by atoms with Crippen LogP contribution >= 0.6 is 0 Å². The number of hydrogen-bond acceptors (Lipinski definition) is 3. The normalized spacial score (nSPS) is 15.4. The standard InChI is InChI=1S/C23H20FN3O2S/c1-14-19(11-15-3-6-17(7-4-15)30(2)29)18-8-5-16(24)12-21(18)20(14)13-22(28)27-23-25-9-10-26-23/h3-12H,13H2,1-2H3,(H2,25,26,27,28)/b19-11-/t30-/m0/s1. The second-order valence-corrected chi connectivity index (χ2v) is 8.42. The summed E-state index contributed by atoms with van der Waals surface area (Å²) in [6.45, 7) is 1.94. The minimum atomic E-state index is -1.04. The summed E-state index contributed by atoms with van der Waals surface area (Å²) in [6.07, 6.45) is 6.93. The lowest BCUT2D eigenvalue weighted by Crippen LogP contribution is -2.13. The number of fused-ring (bicyclic) bond motifs is 1. The van der Waals surface area contributed by atoms with Crippen molar-refractivity contribution in [1.29, 1.82) is 0 Å². The molecule has 3 aromatic rings. The second kappa shape index (κ2) is 8.20. The Bertz CT molecular complexity index is 1200. The highest BCUT2D eigenvalue weighted by molar-refractivity contribution is 7.84. The van der Waals surface area contributed by atoms with Gasteiger partial charge in [0.2, 0.25) is 11.9 Å². The van der Waals surface area contributed by atoms with Crippen LogP contribution in [0, 0.1) is 5.82 Å². The lowest BCUT2D eigenvalue weighted by molar-refractivity contribution is -0.115. The molecule has 7 heteroatoms. The van der Waals surface area contributed by atoms with Crippen molar-refractivity contribution < 1.29 is 13.4 Å². The molecule has 152 valence electrons. The number of benzene rings is 2. The molecule has 1 heterocycles. The number of nitrogens with zero attached hydrogens (tertiary/aromatic N) is 1. The second-order valence-electron chi connectivity index (χ2n) is 7.04. The minimum absolute atomic E-state index is 0.105. The van der Waals surface area contributed by atoms with Gasteiger partial charge in [0.05, 0.1) is 6.42 Å². The third kappa shape index (κ3) is 4.02. The molecule has 0 saturated heterocycles. The van der Waals surface area contributed by atoms with Crippen LogP contribution in [0.4, 0.5) is 10.3 Å². The molecular weight excluding hydrogens is 401 g/mol. The Hall–Kier alpha value is -3.32. The number of halogens is 1. The van der Waals surface area contributed by atoms with Crippen molar-refractivity contribution in [2.45, 2.75) is 18.2 Å². The largest absolute Gasteiger partial charge is 0.331 e. The van der Waals surface area contributed by atoms with Crippen LogP contribution in [0.2, 0.25) is 0 Å². The molecule has 1 aliphatic carbocycles. The summed E-state index contributed by atoms with van der Waals surface area (Å²) in [5.74, 6) is -0.202.